The first-order chi connectivity index (χ1) is 9.26. The monoisotopic (exact) mass is 341 g/mol. The minimum Gasteiger partial charge on any atom is -0.493 e. The van der Waals surface area contributed by atoms with Crippen LogP contribution in [-0.2, 0) is 22.4 Å². The summed E-state index contributed by atoms with van der Waals surface area (Å²) in [5, 5.41) is 0. The summed E-state index contributed by atoms with van der Waals surface area (Å²) in [6.07, 6.45) is 1.31. The molecule has 2 N–H and O–H groups in total. The number of nitrogens with two attached hydrogens (primary N) is 1. The van der Waals surface area contributed by atoms with Crippen LogP contribution in [0.5, 0.6) is 5.75 Å². The van der Waals surface area contributed by atoms with Gasteiger partial charge in [0.05, 0.1) is 6.61 Å². The Bertz CT molecular complexity index is 523. The van der Waals surface area contributed by atoms with E-state index in [9.17, 15) is 4.79 Å². The SMILES string of the molecule is CC(C)(C)OC(=O)C(N)Cc1cc(Br)cc2c1OCC2. The summed E-state index contributed by atoms with van der Waals surface area (Å²) in [4.78, 5) is 11.9. The average Bonchev–Trinajstić information content (AvgIpc) is 2.74. The fraction of sp³-hybridized carbons (Fsp3) is 0.533. The Morgan fingerprint density at radius 1 is 1.50 bits per heavy atom. The van der Waals surface area contributed by atoms with Crippen molar-refractivity contribution < 1.29 is 14.3 Å². The van der Waals surface area contributed by atoms with Crippen molar-refractivity contribution in [1.82, 2.24) is 0 Å². The van der Waals surface area contributed by atoms with E-state index in [1.807, 2.05) is 32.9 Å². The lowest BCUT2D eigenvalue weighted by molar-refractivity contribution is -0.156. The van der Waals surface area contributed by atoms with Crippen LogP contribution < -0.4 is 10.5 Å². The highest BCUT2D eigenvalue weighted by atomic mass is 79.9. The molecule has 0 spiro atoms. The van der Waals surface area contributed by atoms with E-state index in [-0.39, 0.29) is 5.97 Å². The van der Waals surface area contributed by atoms with E-state index in [1.165, 1.54) is 0 Å². The molecule has 1 aliphatic rings. The molecule has 20 heavy (non-hydrogen) atoms. The second-order valence-corrected chi connectivity index (χ2v) is 6.91. The van der Waals surface area contributed by atoms with Crippen molar-refractivity contribution in [2.24, 2.45) is 5.73 Å². The maximum atomic E-state index is 11.9. The number of rotatable bonds is 3. The molecule has 4 nitrogen and oxygen atoms in total. The quantitative estimate of drug-likeness (QED) is 0.858. The Balaban J connectivity index is 2.12. The third kappa shape index (κ3) is 3.73. The van der Waals surface area contributed by atoms with Crippen LogP contribution in [0.25, 0.3) is 0 Å². The van der Waals surface area contributed by atoms with E-state index in [2.05, 4.69) is 15.9 Å². The summed E-state index contributed by atoms with van der Waals surface area (Å²) in [5.74, 6) is 0.483. The van der Waals surface area contributed by atoms with Gasteiger partial charge in [-0.1, -0.05) is 15.9 Å². The molecule has 5 heteroatoms. The van der Waals surface area contributed by atoms with E-state index in [0.29, 0.717) is 13.0 Å². The maximum Gasteiger partial charge on any atom is 0.323 e. The van der Waals surface area contributed by atoms with Gasteiger partial charge in [0.2, 0.25) is 0 Å². The number of carbonyl (C=O) groups excluding carboxylic acids is 1. The lowest BCUT2D eigenvalue weighted by Gasteiger charge is -2.22. The third-order valence-electron chi connectivity index (χ3n) is 2.97. The van der Waals surface area contributed by atoms with E-state index < -0.39 is 11.6 Å². The summed E-state index contributed by atoms with van der Waals surface area (Å²) < 4.78 is 11.9. The smallest absolute Gasteiger partial charge is 0.323 e. The first-order valence-corrected chi connectivity index (χ1v) is 7.48. The Morgan fingerprint density at radius 2 is 2.20 bits per heavy atom. The molecule has 0 aliphatic carbocycles. The number of ether oxygens (including phenoxy) is 2. The van der Waals surface area contributed by atoms with Crippen molar-refractivity contribution in [3.8, 4) is 5.75 Å². The van der Waals surface area contributed by atoms with Crippen LogP contribution in [0.3, 0.4) is 0 Å². The molecule has 1 unspecified atom stereocenters. The molecule has 0 saturated carbocycles. The highest BCUT2D eigenvalue weighted by Gasteiger charge is 2.25. The van der Waals surface area contributed by atoms with Crippen LogP contribution in [0.2, 0.25) is 0 Å². The molecule has 1 aromatic carbocycles. The zero-order valence-corrected chi connectivity index (χ0v) is 13.6. The Kier molecular flexibility index (Phi) is 4.39. The van der Waals surface area contributed by atoms with Crippen molar-refractivity contribution in [2.45, 2.75) is 45.3 Å². The molecule has 0 bridgehead atoms. The molecule has 1 aromatic rings. The topological polar surface area (TPSA) is 61.5 Å². The Morgan fingerprint density at radius 3 is 2.85 bits per heavy atom. The van der Waals surface area contributed by atoms with Crippen molar-refractivity contribution in [1.29, 1.82) is 0 Å². The van der Waals surface area contributed by atoms with Gasteiger partial charge in [-0.05, 0) is 44.0 Å². The van der Waals surface area contributed by atoms with Crippen molar-refractivity contribution in [2.75, 3.05) is 6.61 Å². The minimum atomic E-state index is -0.683. The number of hydrogen-bond acceptors (Lipinski definition) is 4. The van der Waals surface area contributed by atoms with Crippen LogP contribution in [0.15, 0.2) is 16.6 Å². The van der Waals surface area contributed by atoms with Crippen LogP contribution >= 0.6 is 15.9 Å². The normalized spacial score (nSPS) is 15.4. The fourth-order valence-corrected chi connectivity index (χ4v) is 2.75. The Hall–Kier alpha value is -1.07. The van der Waals surface area contributed by atoms with Crippen molar-refractivity contribution >= 4 is 21.9 Å². The summed E-state index contributed by atoms with van der Waals surface area (Å²) >= 11 is 3.48. The summed E-state index contributed by atoms with van der Waals surface area (Å²) in [5.41, 5.74) is 7.54. The van der Waals surface area contributed by atoms with E-state index in [4.69, 9.17) is 15.2 Å². The van der Waals surface area contributed by atoms with Gasteiger partial charge >= 0.3 is 5.97 Å². The number of benzene rings is 1. The van der Waals surface area contributed by atoms with E-state index in [1.54, 1.807) is 0 Å². The molecule has 1 atom stereocenters. The maximum absolute atomic E-state index is 11.9. The number of esters is 1. The van der Waals surface area contributed by atoms with Gasteiger partial charge in [-0.3, -0.25) is 4.79 Å². The zero-order valence-electron chi connectivity index (χ0n) is 12.0. The molecule has 0 aromatic heterocycles. The molecule has 0 radical (unpaired) electrons. The third-order valence-corrected chi connectivity index (χ3v) is 3.43. The summed E-state index contributed by atoms with van der Waals surface area (Å²) in [6, 6.07) is 3.32. The highest BCUT2D eigenvalue weighted by Crippen LogP contribution is 2.33. The lowest BCUT2D eigenvalue weighted by atomic mass is 10.0. The second-order valence-electron chi connectivity index (χ2n) is 6.00. The predicted molar refractivity (Wildman–Crippen MR) is 80.9 cm³/mol. The fourth-order valence-electron chi connectivity index (χ4n) is 2.20. The summed E-state index contributed by atoms with van der Waals surface area (Å²) in [7, 11) is 0. The zero-order chi connectivity index (χ0) is 14.9. The predicted octanol–water partition coefficient (Wildman–Crippen LogP) is 2.60. The lowest BCUT2D eigenvalue weighted by Crippen LogP contribution is -2.38. The average molecular weight is 342 g/mol. The second kappa shape index (κ2) is 5.74. The first kappa shape index (κ1) is 15.3. The van der Waals surface area contributed by atoms with Gasteiger partial charge in [0.1, 0.15) is 17.4 Å². The molecule has 0 saturated heterocycles. The molecular weight excluding hydrogens is 322 g/mol. The Labute approximate surface area is 127 Å². The molecular formula is C15H20BrNO3. The number of hydrogen-bond donors (Lipinski definition) is 1. The van der Waals surface area contributed by atoms with Gasteiger partial charge in [-0.25, -0.2) is 0 Å². The number of halogens is 1. The first-order valence-electron chi connectivity index (χ1n) is 6.69. The molecule has 0 fully saturated rings. The van der Waals surface area contributed by atoms with Crippen molar-refractivity contribution in [3.63, 3.8) is 0 Å². The summed E-state index contributed by atoms with van der Waals surface area (Å²) in [6.45, 7) is 6.17. The van der Waals surface area contributed by atoms with Gasteiger partial charge in [-0.2, -0.15) is 0 Å². The number of fused-ring (bicyclic) bond motifs is 1. The van der Waals surface area contributed by atoms with Gasteiger partial charge < -0.3 is 15.2 Å². The molecule has 2 rings (SSSR count). The van der Waals surface area contributed by atoms with Crippen LogP contribution in [-0.4, -0.2) is 24.2 Å². The molecule has 110 valence electrons. The largest absolute Gasteiger partial charge is 0.493 e. The van der Waals surface area contributed by atoms with Gasteiger partial charge in [0.15, 0.2) is 0 Å². The van der Waals surface area contributed by atoms with Crippen LogP contribution in [0.4, 0.5) is 0 Å². The molecule has 1 aliphatic heterocycles. The van der Waals surface area contributed by atoms with Gasteiger partial charge in [0.25, 0.3) is 0 Å². The molecule has 1 heterocycles. The van der Waals surface area contributed by atoms with Crippen LogP contribution in [0.1, 0.15) is 31.9 Å². The van der Waals surface area contributed by atoms with E-state index >= 15 is 0 Å². The van der Waals surface area contributed by atoms with Crippen molar-refractivity contribution in [3.05, 3.63) is 27.7 Å². The standard InChI is InChI=1S/C15H20BrNO3/c1-15(2,3)20-14(18)12(17)8-10-7-11(16)6-9-4-5-19-13(9)10/h6-7,12H,4-5,8,17H2,1-3H3. The van der Waals surface area contributed by atoms with Gasteiger partial charge in [0, 0.05) is 17.3 Å². The van der Waals surface area contributed by atoms with Gasteiger partial charge in [-0.15, -0.1) is 0 Å². The van der Waals surface area contributed by atoms with E-state index in [0.717, 1.165) is 27.8 Å². The highest BCUT2D eigenvalue weighted by molar-refractivity contribution is 9.10. The van der Waals surface area contributed by atoms with Crippen LogP contribution in [0, 0.1) is 0 Å². The minimum absolute atomic E-state index is 0.385. The molecule has 0 amide bonds. The number of carbonyl (C=O) groups is 1.